The lowest BCUT2D eigenvalue weighted by Gasteiger charge is -2.17. The summed E-state index contributed by atoms with van der Waals surface area (Å²) in [4.78, 5) is 14.1. The average molecular weight is 475 g/mol. The van der Waals surface area contributed by atoms with Gasteiger partial charge in [-0.3, -0.25) is 4.79 Å². The highest BCUT2D eigenvalue weighted by atomic mass is 32.2. The lowest BCUT2D eigenvalue weighted by molar-refractivity contribution is -0.128. The molecule has 3 aromatic carbocycles. The fourth-order valence-electron chi connectivity index (χ4n) is 4.97. The van der Waals surface area contributed by atoms with Gasteiger partial charge in [0.2, 0.25) is 15.9 Å². The number of aryl methyl sites for hydroxylation is 2. The Morgan fingerprint density at radius 3 is 2.35 bits per heavy atom. The maximum atomic E-state index is 13.0. The zero-order valence-electron chi connectivity index (χ0n) is 19.3. The summed E-state index contributed by atoms with van der Waals surface area (Å²) in [6.07, 6.45) is 5.85. The molecule has 3 aromatic rings. The number of benzene rings is 3. The molecule has 5 nitrogen and oxygen atoms in total. The molecule has 1 N–H and O–H groups in total. The highest BCUT2D eigenvalue weighted by Gasteiger charge is 2.20. The van der Waals surface area contributed by atoms with Gasteiger partial charge in [-0.05, 0) is 77.6 Å². The van der Waals surface area contributed by atoms with Crippen LogP contribution in [-0.2, 0) is 40.7 Å². The Morgan fingerprint density at radius 1 is 0.824 bits per heavy atom. The summed E-state index contributed by atoms with van der Waals surface area (Å²) in [6, 6.07) is 21.6. The van der Waals surface area contributed by atoms with Crippen molar-refractivity contribution in [2.75, 3.05) is 6.54 Å². The number of nitrogens with zero attached hydrogens (tertiary/aromatic N) is 1. The number of carbonyl (C=O) groups is 1. The van der Waals surface area contributed by atoms with E-state index in [-0.39, 0.29) is 12.5 Å². The fourth-order valence-corrected chi connectivity index (χ4v) is 6.03. The Kier molecular flexibility index (Phi) is 6.53. The second-order valence-corrected chi connectivity index (χ2v) is 11.0. The standard InChI is InChI=1S/C28H30N2O3S/c31-28-10-5-17-30(28)20-21-11-13-23(14-12-21)27-9-4-3-8-25(27)19-29-34(32,33)26-16-15-22-6-1-2-7-24(22)18-26/h3-4,8-9,11-16,18,29H,1-2,5-7,10,17,19-20H2. The number of fused-ring (bicyclic) bond motifs is 1. The molecule has 176 valence electrons. The third kappa shape index (κ3) is 4.93. The number of sulfonamides is 1. The van der Waals surface area contributed by atoms with Gasteiger partial charge in [0.05, 0.1) is 4.90 Å². The molecule has 34 heavy (non-hydrogen) atoms. The Hall–Kier alpha value is -2.96. The topological polar surface area (TPSA) is 66.5 Å². The Bertz CT molecular complexity index is 1300. The van der Waals surface area contributed by atoms with Gasteiger partial charge < -0.3 is 4.90 Å². The van der Waals surface area contributed by atoms with Gasteiger partial charge >= 0.3 is 0 Å². The number of likely N-dealkylation sites (tertiary alicyclic amines) is 1. The monoisotopic (exact) mass is 474 g/mol. The van der Waals surface area contributed by atoms with Crippen LogP contribution in [0.25, 0.3) is 11.1 Å². The van der Waals surface area contributed by atoms with Crippen LogP contribution >= 0.6 is 0 Å². The van der Waals surface area contributed by atoms with Crippen LogP contribution in [0.2, 0.25) is 0 Å². The predicted octanol–water partition coefficient (Wildman–Crippen LogP) is 4.83. The minimum Gasteiger partial charge on any atom is -0.338 e. The molecule has 0 spiro atoms. The van der Waals surface area contributed by atoms with Crippen molar-refractivity contribution in [3.05, 3.63) is 89.0 Å². The third-order valence-corrected chi connectivity index (χ3v) is 8.31. The molecule has 0 aromatic heterocycles. The molecule has 2 aliphatic rings. The zero-order chi connectivity index (χ0) is 23.5. The lowest BCUT2D eigenvalue weighted by Crippen LogP contribution is -2.24. The highest BCUT2D eigenvalue weighted by Crippen LogP contribution is 2.27. The van der Waals surface area contributed by atoms with Crippen molar-refractivity contribution < 1.29 is 13.2 Å². The van der Waals surface area contributed by atoms with Gasteiger partial charge in [-0.25, -0.2) is 13.1 Å². The number of amides is 1. The van der Waals surface area contributed by atoms with E-state index in [1.807, 2.05) is 53.4 Å². The van der Waals surface area contributed by atoms with E-state index >= 15 is 0 Å². The summed E-state index contributed by atoms with van der Waals surface area (Å²) in [6.45, 7) is 1.69. The van der Waals surface area contributed by atoms with Crippen LogP contribution in [0, 0.1) is 0 Å². The van der Waals surface area contributed by atoms with E-state index in [1.54, 1.807) is 6.07 Å². The Balaban J connectivity index is 1.31. The number of hydrogen-bond acceptors (Lipinski definition) is 3. The normalized spacial score (nSPS) is 16.0. The van der Waals surface area contributed by atoms with E-state index < -0.39 is 10.0 Å². The minimum absolute atomic E-state index is 0.222. The zero-order valence-corrected chi connectivity index (χ0v) is 20.1. The van der Waals surface area contributed by atoms with E-state index in [0.717, 1.165) is 60.0 Å². The Labute approximate surface area is 201 Å². The molecule has 1 amide bonds. The average Bonchev–Trinajstić information content (AvgIpc) is 3.27. The van der Waals surface area contributed by atoms with Crippen LogP contribution < -0.4 is 4.72 Å². The quantitative estimate of drug-likeness (QED) is 0.533. The summed E-state index contributed by atoms with van der Waals surface area (Å²) >= 11 is 0. The molecule has 0 atom stereocenters. The molecule has 0 saturated carbocycles. The maximum Gasteiger partial charge on any atom is 0.240 e. The largest absolute Gasteiger partial charge is 0.338 e. The summed E-state index contributed by atoms with van der Waals surface area (Å²) in [5.41, 5.74) is 6.48. The Morgan fingerprint density at radius 2 is 1.59 bits per heavy atom. The minimum atomic E-state index is -3.60. The number of carbonyl (C=O) groups excluding carboxylic acids is 1. The summed E-state index contributed by atoms with van der Waals surface area (Å²) in [7, 11) is -3.60. The van der Waals surface area contributed by atoms with Crippen molar-refractivity contribution in [1.82, 2.24) is 9.62 Å². The predicted molar refractivity (Wildman–Crippen MR) is 134 cm³/mol. The number of hydrogen-bond donors (Lipinski definition) is 1. The second kappa shape index (κ2) is 9.72. The van der Waals surface area contributed by atoms with E-state index in [0.29, 0.717) is 17.9 Å². The molecule has 6 heteroatoms. The van der Waals surface area contributed by atoms with Crippen LogP contribution in [0.3, 0.4) is 0 Å². The first-order valence-electron chi connectivity index (χ1n) is 12.1. The lowest BCUT2D eigenvalue weighted by atomic mass is 9.92. The molecule has 1 aliphatic heterocycles. The molecule has 0 radical (unpaired) electrons. The first-order chi connectivity index (χ1) is 16.5. The number of nitrogens with one attached hydrogen (secondary N) is 1. The fraction of sp³-hybridized carbons (Fsp3) is 0.321. The molecular formula is C28H30N2O3S. The number of rotatable bonds is 7. The van der Waals surface area contributed by atoms with E-state index in [1.165, 1.54) is 12.0 Å². The van der Waals surface area contributed by atoms with Crippen molar-refractivity contribution in [3.63, 3.8) is 0 Å². The van der Waals surface area contributed by atoms with Crippen LogP contribution in [0.5, 0.6) is 0 Å². The van der Waals surface area contributed by atoms with Gasteiger partial charge in [0.1, 0.15) is 0 Å². The molecule has 1 aliphatic carbocycles. The van der Waals surface area contributed by atoms with E-state index in [4.69, 9.17) is 0 Å². The van der Waals surface area contributed by atoms with Crippen LogP contribution in [0.4, 0.5) is 0 Å². The van der Waals surface area contributed by atoms with Gasteiger partial charge in [-0.15, -0.1) is 0 Å². The molecule has 1 fully saturated rings. The van der Waals surface area contributed by atoms with Crippen LogP contribution in [-0.4, -0.2) is 25.8 Å². The molecule has 5 rings (SSSR count). The van der Waals surface area contributed by atoms with Crippen molar-refractivity contribution in [1.29, 1.82) is 0 Å². The highest BCUT2D eigenvalue weighted by molar-refractivity contribution is 7.89. The summed E-state index contributed by atoms with van der Waals surface area (Å²) in [5, 5.41) is 0. The SMILES string of the molecule is O=C1CCCN1Cc1ccc(-c2ccccc2CNS(=O)(=O)c2ccc3c(c2)CCCC3)cc1. The smallest absolute Gasteiger partial charge is 0.240 e. The van der Waals surface area contributed by atoms with E-state index in [2.05, 4.69) is 16.9 Å². The third-order valence-electron chi connectivity index (χ3n) is 6.91. The van der Waals surface area contributed by atoms with Crippen LogP contribution in [0.15, 0.2) is 71.6 Å². The summed E-state index contributed by atoms with van der Waals surface area (Å²) in [5.74, 6) is 0.223. The van der Waals surface area contributed by atoms with Crippen molar-refractivity contribution in [2.45, 2.75) is 56.5 Å². The molecule has 0 bridgehead atoms. The molecule has 0 unspecified atom stereocenters. The van der Waals surface area contributed by atoms with Gasteiger partial charge in [0.25, 0.3) is 0 Å². The first-order valence-corrected chi connectivity index (χ1v) is 13.5. The maximum absolute atomic E-state index is 13.0. The van der Waals surface area contributed by atoms with E-state index in [9.17, 15) is 13.2 Å². The van der Waals surface area contributed by atoms with Gasteiger partial charge in [0, 0.05) is 26.1 Å². The molecule has 1 saturated heterocycles. The van der Waals surface area contributed by atoms with Crippen molar-refractivity contribution >= 4 is 15.9 Å². The summed E-state index contributed by atoms with van der Waals surface area (Å²) < 4.78 is 28.9. The van der Waals surface area contributed by atoms with Crippen LogP contribution in [0.1, 0.15) is 47.9 Å². The van der Waals surface area contributed by atoms with Gasteiger partial charge in [-0.1, -0.05) is 54.6 Å². The first kappa shape index (κ1) is 22.8. The van der Waals surface area contributed by atoms with Gasteiger partial charge in [0.15, 0.2) is 0 Å². The van der Waals surface area contributed by atoms with Crippen molar-refractivity contribution in [2.24, 2.45) is 0 Å². The van der Waals surface area contributed by atoms with Crippen molar-refractivity contribution in [3.8, 4) is 11.1 Å². The molecular weight excluding hydrogens is 444 g/mol. The molecule has 1 heterocycles. The second-order valence-electron chi connectivity index (χ2n) is 9.24. The van der Waals surface area contributed by atoms with Gasteiger partial charge in [-0.2, -0.15) is 0 Å².